The fourth-order valence-electron chi connectivity index (χ4n) is 4.22. The van der Waals surface area contributed by atoms with E-state index in [2.05, 4.69) is 4.98 Å². The number of ketones is 1. The van der Waals surface area contributed by atoms with Gasteiger partial charge in [0.05, 0.1) is 33.4 Å². The van der Waals surface area contributed by atoms with E-state index in [1.54, 1.807) is 42.5 Å². The summed E-state index contributed by atoms with van der Waals surface area (Å²) < 4.78 is 6.36. The van der Waals surface area contributed by atoms with Crippen LogP contribution >= 0.6 is 22.9 Å². The van der Waals surface area contributed by atoms with Crippen LogP contribution < -0.4 is 9.64 Å². The third kappa shape index (κ3) is 4.59. The molecule has 1 aromatic heterocycles. The summed E-state index contributed by atoms with van der Waals surface area (Å²) in [5.74, 6) is -1.66. The minimum atomic E-state index is -1.08. The summed E-state index contributed by atoms with van der Waals surface area (Å²) in [5.41, 5.74) is 0.959. The number of halogens is 1. The number of aliphatic hydroxyl groups excluding tert-OH is 1. The maximum atomic E-state index is 13.4. The number of nitro groups is 1. The van der Waals surface area contributed by atoms with Crippen LogP contribution in [0.1, 0.15) is 30.5 Å². The van der Waals surface area contributed by atoms with Crippen molar-refractivity contribution in [1.82, 2.24) is 4.98 Å². The Morgan fingerprint density at radius 3 is 2.63 bits per heavy atom. The zero-order chi connectivity index (χ0) is 27.0. The summed E-state index contributed by atoms with van der Waals surface area (Å²) in [4.78, 5) is 43.2. The first-order valence-corrected chi connectivity index (χ1v) is 12.8. The van der Waals surface area contributed by atoms with Crippen molar-refractivity contribution < 1.29 is 24.4 Å². The number of aliphatic hydroxyl groups is 1. The molecule has 0 saturated carbocycles. The van der Waals surface area contributed by atoms with Crippen LogP contribution in [0.25, 0.3) is 16.0 Å². The molecule has 4 aromatic rings. The molecule has 0 aliphatic carbocycles. The SMILES string of the molecule is CCCOc1cccc(C(O)=C2C(=O)C(=O)N(c3nc4ccc(Cl)cc4s3)C2c2ccc([N+](=O)[O-])cc2)c1. The van der Waals surface area contributed by atoms with Crippen molar-refractivity contribution >= 4 is 61.4 Å². The van der Waals surface area contributed by atoms with Crippen LogP contribution in [-0.4, -0.2) is 33.3 Å². The molecular formula is C27H20ClN3O6S. The molecule has 2 heterocycles. The standard InChI is InChI=1S/C27H20ClN3O6S/c1-2-12-37-19-5-3-4-16(13-19)24(32)22-23(15-6-9-18(10-7-15)31(35)36)30(26(34)25(22)33)27-29-20-11-8-17(28)14-21(20)38-27/h3-11,13-14,23,32H,2,12H2,1H3. The number of aromatic nitrogens is 1. The van der Waals surface area contributed by atoms with E-state index in [-0.39, 0.29) is 22.2 Å². The highest BCUT2D eigenvalue weighted by atomic mass is 35.5. The Bertz CT molecular complexity index is 1610. The Labute approximate surface area is 225 Å². The van der Waals surface area contributed by atoms with Gasteiger partial charge < -0.3 is 9.84 Å². The molecule has 1 fully saturated rings. The molecule has 1 unspecified atom stereocenters. The number of amides is 1. The number of ether oxygens (including phenoxy) is 1. The number of non-ortho nitro benzene ring substituents is 1. The third-order valence-electron chi connectivity index (χ3n) is 5.99. The van der Waals surface area contributed by atoms with E-state index in [9.17, 15) is 24.8 Å². The highest BCUT2D eigenvalue weighted by molar-refractivity contribution is 7.22. The maximum absolute atomic E-state index is 13.4. The zero-order valence-corrected chi connectivity index (χ0v) is 21.5. The predicted octanol–water partition coefficient (Wildman–Crippen LogP) is 6.27. The van der Waals surface area contributed by atoms with Gasteiger partial charge in [-0.2, -0.15) is 0 Å². The van der Waals surface area contributed by atoms with E-state index >= 15 is 0 Å². The lowest BCUT2D eigenvalue weighted by Crippen LogP contribution is -2.29. The van der Waals surface area contributed by atoms with Crippen LogP contribution in [0.3, 0.4) is 0 Å². The summed E-state index contributed by atoms with van der Waals surface area (Å²) in [6.07, 6.45) is 0.787. The Balaban J connectivity index is 1.68. The minimum Gasteiger partial charge on any atom is -0.507 e. The van der Waals surface area contributed by atoms with E-state index in [1.807, 2.05) is 6.92 Å². The second-order valence-electron chi connectivity index (χ2n) is 8.50. The van der Waals surface area contributed by atoms with Crippen molar-refractivity contribution in [3.8, 4) is 5.75 Å². The van der Waals surface area contributed by atoms with Crippen LogP contribution in [0.4, 0.5) is 10.8 Å². The highest BCUT2D eigenvalue weighted by Gasteiger charge is 2.48. The van der Waals surface area contributed by atoms with E-state index in [0.717, 1.165) is 6.42 Å². The Morgan fingerprint density at radius 2 is 1.92 bits per heavy atom. The fraction of sp³-hybridized carbons (Fsp3) is 0.148. The zero-order valence-electron chi connectivity index (χ0n) is 20.0. The average molecular weight is 550 g/mol. The molecule has 1 N–H and O–H groups in total. The predicted molar refractivity (Wildman–Crippen MR) is 145 cm³/mol. The lowest BCUT2D eigenvalue weighted by molar-refractivity contribution is -0.384. The van der Waals surface area contributed by atoms with E-state index in [1.165, 1.54) is 40.5 Å². The van der Waals surface area contributed by atoms with Crippen LogP contribution in [0.2, 0.25) is 5.02 Å². The molecule has 0 bridgehead atoms. The number of Topliss-reactive ketones (excluding diaryl/α,β-unsaturated/α-hetero) is 1. The second-order valence-corrected chi connectivity index (χ2v) is 9.95. The molecule has 1 aliphatic heterocycles. The van der Waals surface area contributed by atoms with Crippen LogP contribution in [0, 0.1) is 10.1 Å². The summed E-state index contributed by atoms with van der Waals surface area (Å²) >= 11 is 7.29. The number of hydrogen-bond donors (Lipinski definition) is 1. The summed E-state index contributed by atoms with van der Waals surface area (Å²) in [5, 5.41) is 23.3. The topological polar surface area (TPSA) is 123 Å². The minimum absolute atomic E-state index is 0.152. The number of rotatable bonds is 7. The molecule has 192 valence electrons. The molecule has 1 atom stereocenters. The number of thiazole rings is 1. The molecule has 0 spiro atoms. The molecule has 3 aromatic carbocycles. The summed E-state index contributed by atoms with van der Waals surface area (Å²) in [6, 6.07) is 16.1. The number of carbonyl (C=O) groups is 2. The van der Waals surface area contributed by atoms with Crippen molar-refractivity contribution in [1.29, 1.82) is 0 Å². The van der Waals surface area contributed by atoms with Crippen molar-refractivity contribution in [2.75, 3.05) is 11.5 Å². The number of fused-ring (bicyclic) bond motifs is 1. The van der Waals surface area contributed by atoms with Gasteiger partial charge in [-0.05, 0) is 54.4 Å². The Kier molecular flexibility index (Phi) is 6.83. The number of carbonyl (C=O) groups excluding carboxylic acids is 2. The summed E-state index contributed by atoms with van der Waals surface area (Å²) in [7, 11) is 0. The Morgan fingerprint density at radius 1 is 1.16 bits per heavy atom. The van der Waals surface area contributed by atoms with E-state index in [4.69, 9.17) is 16.3 Å². The van der Waals surface area contributed by atoms with Crippen LogP contribution in [-0.2, 0) is 9.59 Å². The van der Waals surface area contributed by atoms with Gasteiger partial charge >= 0.3 is 5.91 Å². The van der Waals surface area contributed by atoms with Crippen LogP contribution in [0.5, 0.6) is 5.75 Å². The van der Waals surface area contributed by atoms with E-state index < -0.39 is 22.7 Å². The molecular weight excluding hydrogens is 530 g/mol. The van der Waals surface area contributed by atoms with Gasteiger partial charge in [0.15, 0.2) is 5.13 Å². The fourth-order valence-corrected chi connectivity index (χ4v) is 5.49. The van der Waals surface area contributed by atoms with E-state index in [0.29, 0.717) is 38.7 Å². The van der Waals surface area contributed by atoms with Gasteiger partial charge in [-0.25, -0.2) is 4.98 Å². The quantitative estimate of drug-likeness (QED) is 0.0946. The highest BCUT2D eigenvalue weighted by Crippen LogP contribution is 2.45. The smallest absolute Gasteiger partial charge is 0.301 e. The largest absolute Gasteiger partial charge is 0.507 e. The van der Waals surface area contributed by atoms with Gasteiger partial charge in [-0.3, -0.25) is 24.6 Å². The van der Waals surface area contributed by atoms with Gasteiger partial charge in [0.1, 0.15) is 11.5 Å². The molecule has 1 saturated heterocycles. The molecule has 5 rings (SSSR count). The van der Waals surface area contributed by atoms with Gasteiger partial charge in [-0.1, -0.05) is 42.0 Å². The number of anilines is 1. The first-order chi connectivity index (χ1) is 18.3. The first kappa shape index (κ1) is 25.4. The van der Waals surface area contributed by atoms with Gasteiger partial charge in [0.25, 0.3) is 11.5 Å². The van der Waals surface area contributed by atoms with Gasteiger partial charge in [-0.15, -0.1) is 0 Å². The normalized spacial score (nSPS) is 16.8. The number of nitro benzene ring substituents is 1. The van der Waals surface area contributed by atoms with Crippen molar-refractivity contribution in [3.05, 3.63) is 98.6 Å². The van der Waals surface area contributed by atoms with Crippen molar-refractivity contribution in [3.63, 3.8) is 0 Å². The molecule has 11 heteroatoms. The first-order valence-electron chi connectivity index (χ1n) is 11.6. The second kappa shape index (κ2) is 10.2. The van der Waals surface area contributed by atoms with Crippen LogP contribution in [0.15, 0.2) is 72.3 Å². The van der Waals surface area contributed by atoms with Gasteiger partial charge in [0, 0.05) is 22.7 Å². The molecule has 1 amide bonds. The summed E-state index contributed by atoms with van der Waals surface area (Å²) in [6.45, 7) is 2.44. The molecule has 0 radical (unpaired) electrons. The lowest BCUT2D eigenvalue weighted by Gasteiger charge is -2.23. The average Bonchev–Trinajstić information content (AvgIpc) is 3.44. The number of benzene rings is 3. The van der Waals surface area contributed by atoms with Crippen molar-refractivity contribution in [2.45, 2.75) is 19.4 Å². The molecule has 38 heavy (non-hydrogen) atoms. The Hall–Kier alpha value is -4.28. The molecule has 1 aliphatic rings. The van der Waals surface area contributed by atoms with Gasteiger partial charge in [0.2, 0.25) is 0 Å². The molecule has 9 nitrogen and oxygen atoms in total. The number of nitrogens with zero attached hydrogens (tertiary/aromatic N) is 3. The lowest BCUT2D eigenvalue weighted by atomic mass is 9.95. The third-order valence-corrected chi connectivity index (χ3v) is 7.24. The monoisotopic (exact) mass is 549 g/mol. The maximum Gasteiger partial charge on any atom is 0.301 e. The number of hydrogen-bond acceptors (Lipinski definition) is 8. The van der Waals surface area contributed by atoms with Crippen molar-refractivity contribution in [2.24, 2.45) is 0 Å².